The van der Waals surface area contributed by atoms with Crippen molar-refractivity contribution in [2.75, 3.05) is 11.9 Å². The molecule has 124 valence electrons. The van der Waals surface area contributed by atoms with Crippen molar-refractivity contribution in [1.82, 2.24) is 9.55 Å². The molecule has 0 amide bonds. The molecule has 2 aromatic rings. The van der Waals surface area contributed by atoms with Gasteiger partial charge in [0.25, 0.3) is 0 Å². The highest BCUT2D eigenvalue weighted by Gasteiger charge is 2.13. The third-order valence-corrected chi connectivity index (χ3v) is 3.49. The van der Waals surface area contributed by atoms with E-state index in [9.17, 15) is 14.7 Å². The Morgan fingerprint density at radius 1 is 1.43 bits per heavy atom. The first-order chi connectivity index (χ1) is 10.7. The van der Waals surface area contributed by atoms with Crippen LogP contribution in [0.4, 0.5) is 11.4 Å². The molecule has 0 aliphatic heterocycles. The Bertz CT molecular complexity index is 858. The van der Waals surface area contributed by atoms with Crippen LogP contribution in [0, 0.1) is 0 Å². The monoisotopic (exact) mass is 319 g/mol. The lowest BCUT2D eigenvalue weighted by atomic mass is 10.1. The molecular weight excluding hydrogens is 298 g/mol. The summed E-state index contributed by atoms with van der Waals surface area (Å²) in [6, 6.07) is 3.37. The lowest BCUT2D eigenvalue weighted by Crippen LogP contribution is -2.34. The summed E-state index contributed by atoms with van der Waals surface area (Å²) < 4.78 is 1.28. The van der Waals surface area contributed by atoms with Gasteiger partial charge in [0.1, 0.15) is 0 Å². The highest BCUT2D eigenvalue weighted by atomic mass is 16.3. The van der Waals surface area contributed by atoms with E-state index in [0.717, 1.165) is 6.34 Å². The zero-order chi connectivity index (χ0) is 17.2. The molecule has 0 saturated heterocycles. The minimum atomic E-state index is -0.792. The number of aliphatic hydroxyl groups is 1. The number of aliphatic imine (C=N–C) groups is 1. The molecule has 0 saturated carbocycles. The number of benzene rings is 1. The summed E-state index contributed by atoms with van der Waals surface area (Å²) in [7, 11) is 1.53. The zero-order valence-corrected chi connectivity index (χ0v) is 13.4. The van der Waals surface area contributed by atoms with Gasteiger partial charge >= 0.3 is 11.1 Å². The predicted octanol–water partition coefficient (Wildman–Crippen LogP) is 0.418. The molecule has 0 radical (unpaired) electrons. The number of hydrogen-bond acceptors (Lipinski definition) is 5. The highest BCUT2D eigenvalue weighted by molar-refractivity contribution is 5.87. The number of aromatic nitrogens is 2. The minimum absolute atomic E-state index is 0.491. The summed E-state index contributed by atoms with van der Waals surface area (Å²) in [4.78, 5) is 30.0. The molecule has 0 aliphatic carbocycles. The van der Waals surface area contributed by atoms with Crippen LogP contribution in [-0.2, 0) is 7.05 Å². The summed E-state index contributed by atoms with van der Waals surface area (Å²) in [6.45, 7) is 3.96. The van der Waals surface area contributed by atoms with Gasteiger partial charge < -0.3 is 25.7 Å². The largest absolute Gasteiger partial charge is 0.390 e. The predicted molar refractivity (Wildman–Crippen MR) is 91.6 cm³/mol. The van der Waals surface area contributed by atoms with E-state index in [2.05, 4.69) is 15.3 Å². The van der Waals surface area contributed by atoms with Gasteiger partial charge in [-0.25, -0.2) is 4.99 Å². The summed E-state index contributed by atoms with van der Waals surface area (Å²) >= 11 is 0. The molecule has 0 atom stereocenters. The maximum Gasteiger partial charge on any atom is 0.316 e. The van der Waals surface area contributed by atoms with Crippen molar-refractivity contribution in [3.63, 3.8) is 0 Å². The molecule has 1 heterocycles. The number of H-pyrrole nitrogens is 1. The van der Waals surface area contributed by atoms with Crippen LogP contribution >= 0.6 is 0 Å². The Hall–Kier alpha value is -2.61. The van der Waals surface area contributed by atoms with E-state index in [1.165, 1.54) is 11.6 Å². The lowest BCUT2D eigenvalue weighted by Gasteiger charge is -2.18. The van der Waals surface area contributed by atoms with Crippen molar-refractivity contribution < 1.29 is 5.11 Å². The first-order valence-electron chi connectivity index (χ1n) is 7.20. The Balaban J connectivity index is 2.51. The van der Waals surface area contributed by atoms with Crippen LogP contribution < -0.4 is 22.2 Å². The van der Waals surface area contributed by atoms with Crippen LogP contribution in [0.3, 0.4) is 0 Å². The van der Waals surface area contributed by atoms with E-state index in [1.807, 2.05) is 0 Å². The minimum Gasteiger partial charge on any atom is -0.390 e. The Morgan fingerprint density at radius 3 is 2.74 bits per heavy atom. The molecule has 1 aromatic carbocycles. The summed E-state index contributed by atoms with van der Waals surface area (Å²) in [5.41, 5.74) is 5.51. The number of anilines is 1. The van der Waals surface area contributed by atoms with Crippen molar-refractivity contribution in [2.24, 2.45) is 17.8 Å². The fraction of sp³-hybridized carbons (Fsp3) is 0.400. The van der Waals surface area contributed by atoms with E-state index in [4.69, 9.17) is 5.73 Å². The molecular formula is C15H21N5O3. The van der Waals surface area contributed by atoms with Crippen molar-refractivity contribution in [2.45, 2.75) is 25.9 Å². The lowest BCUT2D eigenvalue weighted by molar-refractivity contribution is 0.0749. The summed E-state index contributed by atoms with van der Waals surface area (Å²) in [5.74, 6) is 0. The van der Waals surface area contributed by atoms with Crippen molar-refractivity contribution in [3.05, 3.63) is 32.8 Å². The summed E-state index contributed by atoms with van der Waals surface area (Å²) in [5, 5.41) is 12.9. The van der Waals surface area contributed by atoms with E-state index in [-0.39, 0.29) is 0 Å². The van der Waals surface area contributed by atoms with Gasteiger partial charge in [0.05, 0.1) is 34.3 Å². The Kier molecular flexibility index (Phi) is 4.55. The van der Waals surface area contributed by atoms with Gasteiger partial charge in [0.15, 0.2) is 0 Å². The van der Waals surface area contributed by atoms with Crippen LogP contribution in [0.15, 0.2) is 26.7 Å². The second-order valence-corrected chi connectivity index (χ2v) is 5.97. The standard InChI is InChI=1S/C15H21N5O3/c1-15(2,23)4-5-17-10-7-12-11(6-9(10)18-8-16)19-13(21)14(22)20(12)3/h6-8,17,23H,4-5H2,1-3H3,(H2,16,18)(H,19,21). The molecule has 0 unspecified atom stereocenters. The Morgan fingerprint density at radius 2 is 2.13 bits per heavy atom. The van der Waals surface area contributed by atoms with Crippen LogP contribution in [0.5, 0.6) is 0 Å². The fourth-order valence-corrected chi connectivity index (χ4v) is 2.22. The maximum atomic E-state index is 11.8. The molecule has 1 aromatic heterocycles. The number of hydrogen-bond donors (Lipinski definition) is 4. The normalized spacial score (nSPS) is 12.2. The third-order valence-electron chi connectivity index (χ3n) is 3.49. The number of aromatic amines is 1. The van der Waals surface area contributed by atoms with Gasteiger partial charge in [0, 0.05) is 13.6 Å². The fourth-order valence-electron chi connectivity index (χ4n) is 2.22. The number of nitrogens with two attached hydrogens (primary N) is 1. The molecule has 2 rings (SSSR count). The van der Waals surface area contributed by atoms with E-state index in [0.29, 0.717) is 35.4 Å². The molecule has 0 bridgehead atoms. The second-order valence-electron chi connectivity index (χ2n) is 5.97. The number of nitrogens with zero attached hydrogens (tertiary/aromatic N) is 2. The first-order valence-corrected chi connectivity index (χ1v) is 7.20. The van der Waals surface area contributed by atoms with Gasteiger partial charge in [-0.3, -0.25) is 9.59 Å². The number of fused-ring (bicyclic) bond motifs is 1. The highest BCUT2D eigenvalue weighted by Crippen LogP contribution is 2.29. The molecule has 23 heavy (non-hydrogen) atoms. The average Bonchev–Trinajstić information content (AvgIpc) is 2.45. The Labute approximate surface area is 132 Å². The SMILES string of the molecule is Cn1c(=O)c(=O)[nH]c2cc(N=CN)c(NCCC(C)(C)O)cc21. The van der Waals surface area contributed by atoms with Crippen LogP contribution in [0.25, 0.3) is 11.0 Å². The van der Waals surface area contributed by atoms with Gasteiger partial charge in [-0.05, 0) is 32.4 Å². The van der Waals surface area contributed by atoms with Crippen LogP contribution in [0.2, 0.25) is 0 Å². The summed E-state index contributed by atoms with van der Waals surface area (Å²) in [6.07, 6.45) is 1.68. The molecule has 0 spiro atoms. The van der Waals surface area contributed by atoms with Crippen LogP contribution in [-0.4, -0.2) is 33.1 Å². The molecule has 5 N–H and O–H groups in total. The average molecular weight is 319 g/mol. The third kappa shape index (κ3) is 3.78. The van der Waals surface area contributed by atoms with Gasteiger partial charge in [-0.15, -0.1) is 0 Å². The van der Waals surface area contributed by atoms with Crippen molar-refractivity contribution in [1.29, 1.82) is 0 Å². The molecule has 0 fully saturated rings. The van der Waals surface area contributed by atoms with Crippen LogP contribution in [0.1, 0.15) is 20.3 Å². The molecule has 8 nitrogen and oxygen atoms in total. The second kappa shape index (κ2) is 6.25. The van der Waals surface area contributed by atoms with Gasteiger partial charge in [0.2, 0.25) is 0 Å². The van der Waals surface area contributed by atoms with Gasteiger partial charge in [-0.2, -0.15) is 0 Å². The molecule has 0 aliphatic rings. The zero-order valence-electron chi connectivity index (χ0n) is 13.4. The number of rotatable bonds is 5. The topological polar surface area (TPSA) is 126 Å². The van der Waals surface area contributed by atoms with E-state index in [1.54, 1.807) is 26.0 Å². The quantitative estimate of drug-likeness (QED) is 0.361. The smallest absolute Gasteiger partial charge is 0.316 e. The number of aryl methyl sites for hydroxylation is 1. The first kappa shape index (κ1) is 16.8. The van der Waals surface area contributed by atoms with E-state index < -0.39 is 16.7 Å². The van der Waals surface area contributed by atoms with Gasteiger partial charge in [-0.1, -0.05) is 0 Å². The molecule has 8 heteroatoms. The maximum absolute atomic E-state index is 11.8. The van der Waals surface area contributed by atoms with Crippen molar-refractivity contribution in [3.8, 4) is 0 Å². The van der Waals surface area contributed by atoms with E-state index >= 15 is 0 Å². The van der Waals surface area contributed by atoms with Crippen molar-refractivity contribution >= 4 is 28.7 Å². The number of nitrogens with one attached hydrogen (secondary N) is 2.